The maximum absolute atomic E-state index is 12.5. The van der Waals surface area contributed by atoms with E-state index >= 15 is 0 Å². The third-order valence-electron chi connectivity index (χ3n) is 1.89. The zero-order valence-corrected chi connectivity index (χ0v) is 7.85. The summed E-state index contributed by atoms with van der Waals surface area (Å²) in [5.41, 5.74) is 3.41. The van der Waals surface area contributed by atoms with Crippen LogP contribution in [-0.4, -0.2) is 13.0 Å². The van der Waals surface area contributed by atoms with Gasteiger partial charge in [-0.05, 0) is 12.1 Å². The first-order valence-corrected chi connectivity index (χ1v) is 4.05. The van der Waals surface area contributed by atoms with Crippen molar-refractivity contribution in [3.63, 3.8) is 0 Å². The number of nitrogens with two attached hydrogens (primary N) is 1. The van der Waals surface area contributed by atoms with E-state index in [4.69, 9.17) is 5.73 Å². The highest BCUT2D eigenvalue weighted by Crippen LogP contribution is 2.34. The zero-order chi connectivity index (χ0) is 11.6. The summed E-state index contributed by atoms with van der Waals surface area (Å²) in [5, 5.41) is 2.49. The van der Waals surface area contributed by atoms with Crippen molar-refractivity contribution in [3.05, 3.63) is 29.3 Å². The third-order valence-corrected chi connectivity index (χ3v) is 1.89. The highest BCUT2D eigenvalue weighted by atomic mass is 19.4. The van der Waals surface area contributed by atoms with Crippen molar-refractivity contribution in [2.45, 2.75) is 6.18 Å². The monoisotopic (exact) mass is 218 g/mol. The molecule has 1 rings (SSSR count). The average Bonchev–Trinajstić information content (AvgIpc) is 2.15. The van der Waals surface area contributed by atoms with Gasteiger partial charge in [-0.3, -0.25) is 4.79 Å². The molecule has 15 heavy (non-hydrogen) atoms. The summed E-state index contributed by atoms with van der Waals surface area (Å²) in [6.45, 7) is 0. The third kappa shape index (κ3) is 2.20. The summed E-state index contributed by atoms with van der Waals surface area (Å²) in [4.78, 5) is 10.9. The smallest absolute Gasteiger partial charge is 0.387 e. The minimum Gasteiger partial charge on any atom is -0.387 e. The van der Waals surface area contributed by atoms with Gasteiger partial charge in [0.2, 0.25) is 0 Å². The molecule has 0 heterocycles. The molecule has 0 bridgehead atoms. The van der Waals surface area contributed by atoms with Gasteiger partial charge in [-0.25, -0.2) is 0 Å². The highest BCUT2D eigenvalue weighted by molar-refractivity contribution is 6.00. The topological polar surface area (TPSA) is 55.1 Å². The Balaban J connectivity index is 3.46. The molecule has 1 aromatic carbocycles. The lowest BCUT2D eigenvalue weighted by atomic mass is 10.0. The number of alkyl halides is 3. The number of carbonyl (C=O) groups is 1. The number of amides is 1. The molecule has 0 unspecified atom stereocenters. The van der Waals surface area contributed by atoms with E-state index < -0.39 is 23.2 Å². The van der Waals surface area contributed by atoms with Crippen LogP contribution in [0.2, 0.25) is 0 Å². The van der Waals surface area contributed by atoms with Gasteiger partial charge in [0.05, 0.1) is 11.1 Å². The summed E-state index contributed by atoms with van der Waals surface area (Å²) in [7, 11) is 1.42. The molecular weight excluding hydrogens is 209 g/mol. The molecule has 0 saturated carbocycles. The van der Waals surface area contributed by atoms with Crippen molar-refractivity contribution in [2.24, 2.45) is 5.73 Å². The molecule has 0 radical (unpaired) electrons. The molecular formula is C9H9F3N2O. The Bertz CT molecular complexity index is 387. The molecule has 82 valence electrons. The van der Waals surface area contributed by atoms with Crippen molar-refractivity contribution in [1.82, 2.24) is 0 Å². The largest absolute Gasteiger partial charge is 0.417 e. The van der Waals surface area contributed by atoms with E-state index in [0.29, 0.717) is 0 Å². The van der Waals surface area contributed by atoms with E-state index in [0.717, 1.165) is 6.07 Å². The number of benzene rings is 1. The molecule has 0 aliphatic heterocycles. The van der Waals surface area contributed by atoms with Crippen LogP contribution in [0.1, 0.15) is 15.9 Å². The van der Waals surface area contributed by atoms with Crippen LogP contribution in [0.4, 0.5) is 18.9 Å². The predicted molar refractivity (Wildman–Crippen MR) is 49.5 cm³/mol. The molecule has 0 aliphatic rings. The van der Waals surface area contributed by atoms with Crippen molar-refractivity contribution in [3.8, 4) is 0 Å². The van der Waals surface area contributed by atoms with Crippen LogP contribution >= 0.6 is 0 Å². The van der Waals surface area contributed by atoms with Crippen molar-refractivity contribution in [2.75, 3.05) is 12.4 Å². The van der Waals surface area contributed by atoms with Gasteiger partial charge in [0.25, 0.3) is 5.91 Å². The van der Waals surface area contributed by atoms with Crippen molar-refractivity contribution >= 4 is 11.6 Å². The summed E-state index contributed by atoms with van der Waals surface area (Å²) in [6.07, 6.45) is -4.59. The number of carbonyl (C=O) groups excluding carboxylic acids is 1. The Hall–Kier alpha value is -1.72. The molecule has 0 spiro atoms. The molecule has 6 heteroatoms. The first-order valence-electron chi connectivity index (χ1n) is 4.05. The van der Waals surface area contributed by atoms with Crippen molar-refractivity contribution in [1.29, 1.82) is 0 Å². The lowest BCUT2D eigenvalue weighted by Crippen LogP contribution is -2.20. The van der Waals surface area contributed by atoms with Crippen LogP contribution in [0.25, 0.3) is 0 Å². The number of halogens is 3. The van der Waals surface area contributed by atoms with Gasteiger partial charge >= 0.3 is 6.18 Å². The lowest BCUT2D eigenvalue weighted by Gasteiger charge is -2.13. The molecule has 1 amide bonds. The molecule has 3 N–H and O–H groups in total. The average molecular weight is 218 g/mol. The fraction of sp³-hybridized carbons (Fsp3) is 0.222. The van der Waals surface area contributed by atoms with E-state index in [2.05, 4.69) is 5.32 Å². The Kier molecular flexibility index (Phi) is 2.88. The molecule has 1 aromatic rings. The van der Waals surface area contributed by atoms with Gasteiger partial charge in [0, 0.05) is 12.7 Å². The first-order chi connectivity index (χ1) is 6.88. The number of anilines is 1. The van der Waals surface area contributed by atoms with Gasteiger partial charge < -0.3 is 11.1 Å². The zero-order valence-electron chi connectivity index (χ0n) is 7.85. The highest BCUT2D eigenvalue weighted by Gasteiger charge is 2.35. The maximum Gasteiger partial charge on any atom is 0.417 e. The van der Waals surface area contributed by atoms with Crippen LogP contribution < -0.4 is 11.1 Å². The van der Waals surface area contributed by atoms with E-state index in [1.54, 1.807) is 0 Å². The molecule has 0 aromatic heterocycles. The summed E-state index contributed by atoms with van der Waals surface area (Å²) < 4.78 is 37.5. The normalized spacial score (nSPS) is 11.2. The summed E-state index contributed by atoms with van der Waals surface area (Å²) >= 11 is 0. The van der Waals surface area contributed by atoms with E-state index in [9.17, 15) is 18.0 Å². The second-order valence-corrected chi connectivity index (χ2v) is 2.84. The van der Waals surface area contributed by atoms with Gasteiger partial charge in [-0.15, -0.1) is 0 Å². The fourth-order valence-corrected chi connectivity index (χ4v) is 1.26. The Morgan fingerprint density at radius 1 is 1.40 bits per heavy atom. The number of primary amides is 1. The second-order valence-electron chi connectivity index (χ2n) is 2.84. The minimum atomic E-state index is -4.59. The molecule has 0 atom stereocenters. The SMILES string of the molecule is CNc1cccc(C(F)(F)F)c1C(N)=O. The molecule has 0 aliphatic carbocycles. The fourth-order valence-electron chi connectivity index (χ4n) is 1.26. The molecule has 0 fully saturated rings. The van der Waals surface area contributed by atoms with Gasteiger partial charge in [-0.1, -0.05) is 6.07 Å². The Morgan fingerprint density at radius 2 is 2.00 bits per heavy atom. The Labute approximate surface area is 84.1 Å². The van der Waals surface area contributed by atoms with Gasteiger partial charge in [0.15, 0.2) is 0 Å². The number of hydrogen-bond donors (Lipinski definition) is 2. The maximum atomic E-state index is 12.5. The Morgan fingerprint density at radius 3 is 2.40 bits per heavy atom. The quantitative estimate of drug-likeness (QED) is 0.795. The van der Waals surface area contributed by atoms with E-state index in [-0.39, 0.29) is 5.69 Å². The van der Waals surface area contributed by atoms with Gasteiger partial charge in [0.1, 0.15) is 0 Å². The van der Waals surface area contributed by atoms with Crippen LogP contribution in [0, 0.1) is 0 Å². The van der Waals surface area contributed by atoms with E-state index in [1.807, 2.05) is 0 Å². The van der Waals surface area contributed by atoms with Crippen molar-refractivity contribution < 1.29 is 18.0 Å². The molecule has 0 saturated heterocycles. The minimum absolute atomic E-state index is 0.0670. The summed E-state index contributed by atoms with van der Waals surface area (Å²) in [6, 6.07) is 3.39. The second kappa shape index (κ2) is 3.80. The lowest BCUT2D eigenvalue weighted by molar-refractivity contribution is -0.137. The van der Waals surface area contributed by atoms with Crippen LogP contribution in [0.5, 0.6) is 0 Å². The number of rotatable bonds is 2. The van der Waals surface area contributed by atoms with Gasteiger partial charge in [-0.2, -0.15) is 13.2 Å². The van der Waals surface area contributed by atoms with Crippen LogP contribution in [0.3, 0.4) is 0 Å². The molecule has 3 nitrogen and oxygen atoms in total. The predicted octanol–water partition coefficient (Wildman–Crippen LogP) is 1.85. The van der Waals surface area contributed by atoms with Crippen LogP contribution in [0.15, 0.2) is 18.2 Å². The van der Waals surface area contributed by atoms with Crippen LogP contribution in [-0.2, 0) is 6.18 Å². The van der Waals surface area contributed by atoms with E-state index in [1.165, 1.54) is 19.2 Å². The number of hydrogen-bond acceptors (Lipinski definition) is 2. The summed E-state index contributed by atoms with van der Waals surface area (Å²) in [5.74, 6) is -1.10. The standard InChI is InChI=1S/C9H9F3N2O/c1-14-6-4-2-3-5(9(10,11)12)7(6)8(13)15/h2-4,14H,1H3,(H2,13,15). The first kappa shape index (κ1) is 11.4. The number of nitrogens with one attached hydrogen (secondary N) is 1.